The van der Waals surface area contributed by atoms with Crippen molar-refractivity contribution < 1.29 is 14.4 Å². The van der Waals surface area contributed by atoms with Gasteiger partial charge < -0.3 is 16.0 Å². The summed E-state index contributed by atoms with van der Waals surface area (Å²) in [5, 5.41) is 9.51. The van der Waals surface area contributed by atoms with Gasteiger partial charge in [-0.3, -0.25) is 14.4 Å². The molecule has 11 heteroatoms. The number of nitrogens with one attached hydrogen (secondary N) is 3. The third-order valence-corrected chi connectivity index (χ3v) is 9.35. The monoisotopic (exact) mass is 686 g/mol. The molecule has 0 radical (unpaired) electrons. The molecule has 7 nitrogen and oxygen atoms in total. The quantitative estimate of drug-likeness (QED) is 0.101. The summed E-state index contributed by atoms with van der Waals surface area (Å²) in [5.41, 5.74) is 4.31. The maximum absolute atomic E-state index is 13.5. The zero-order valence-corrected chi connectivity index (χ0v) is 27.9. The van der Waals surface area contributed by atoms with Gasteiger partial charge in [0, 0.05) is 26.6 Å². The van der Waals surface area contributed by atoms with Crippen LogP contribution in [0.1, 0.15) is 26.4 Å². The molecule has 4 aromatic carbocycles. The van der Waals surface area contributed by atoms with Gasteiger partial charge in [0.2, 0.25) is 5.91 Å². The third-order valence-electron chi connectivity index (χ3n) is 6.64. The first-order valence-electron chi connectivity index (χ1n) is 14.1. The molecule has 0 unspecified atom stereocenters. The van der Waals surface area contributed by atoms with E-state index < -0.39 is 11.8 Å². The largest absolute Gasteiger partial charge is 0.321 e. The second kappa shape index (κ2) is 15.2. The van der Waals surface area contributed by atoms with E-state index in [0.29, 0.717) is 27.0 Å². The molecule has 0 aliphatic heterocycles. The predicted molar refractivity (Wildman–Crippen MR) is 190 cm³/mol. The topological polar surface area (TPSA) is 100 Å². The van der Waals surface area contributed by atoms with Gasteiger partial charge in [0.25, 0.3) is 11.8 Å². The molecule has 0 spiro atoms. The number of hydrogen-bond donors (Lipinski definition) is 3. The van der Waals surface area contributed by atoms with E-state index in [2.05, 4.69) is 20.9 Å². The van der Waals surface area contributed by atoms with Crippen LogP contribution in [0.4, 0.5) is 10.8 Å². The van der Waals surface area contributed by atoms with Crippen LogP contribution in [-0.2, 0) is 9.59 Å². The second-order valence-electron chi connectivity index (χ2n) is 10.1. The molecular weight excluding hydrogens is 659 g/mol. The number of amides is 3. The molecule has 1 aromatic heterocycles. The summed E-state index contributed by atoms with van der Waals surface area (Å²) in [6.45, 7) is 4.01. The van der Waals surface area contributed by atoms with Crippen molar-refractivity contribution in [3.8, 4) is 11.3 Å². The van der Waals surface area contributed by atoms with Crippen molar-refractivity contribution in [2.75, 3.05) is 16.4 Å². The lowest BCUT2D eigenvalue weighted by atomic mass is 10.1. The molecule has 5 aromatic rings. The van der Waals surface area contributed by atoms with Crippen LogP contribution >= 0.6 is 46.3 Å². The van der Waals surface area contributed by atoms with Crippen LogP contribution in [0.3, 0.4) is 0 Å². The van der Waals surface area contributed by atoms with Gasteiger partial charge >= 0.3 is 0 Å². The molecule has 0 saturated heterocycles. The molecule has 3 amide bonds. The predicted octanol–water partition coefficient (Wildman–Crippen LogP) is 8.87. The average Bonchev–Trinajstić information content (AvgIpc) is 3.42. The standard InChI is InChI=1S/C35H28Cl2N4O3S2/c1-21-14-16-23(17-15-21)32-22(2)46-35(41-32)40-30(42)20-45-27-12-7-11-26(19-27)38-34(44)29(18-25-10-6-13-28(36)31(25)37)39-33(43)24-8-4-3-5-9-24/h3-19H,20H2,1-2H3,(H,38,44)(H,39,43)(H,40,41,42)/b29-18+. The highest BCUT2D eigenvalue weighted by Gasteiger charge is 2.17. The third kappa shape index (κ3) is 8.64. The number of carbonyl (C=O) groups is 3. The number of hydrogen-bond acceptors (Lipinski definition) is 6. The number of carbonyl (C=O) groups excluding carboxylic acids is 3. The Kier molecular flexibility index (Phi) is 10.9. The first-order valence-corrected chi connectivity index (χ1v) is 16.6. The molecular formula is C35H28Cl2N4O3S2. The minimum absolute atomic E-state index is 0.0285. The van der Waals surface area contributed by atoms with E-state index >= 15 is 0 Å². The molecule has 1 heterocycles. The fourth-order valence-electron chi connectivity index (χ4n) is 4.33. The zero-order chi connectivity index (χ0) is 32.6. The molecule has 0 fully saturated rings. The summed E-state index contributed by atoms with van der Waals surface area (Å²) < 4.78 is 0. The van der Waals surface area contributed by atoms with E-state index in [-0.39, 0.29) is 22.4 Å². The fourth-order valence-corrected chi connectivity index (χ4v) is 6.29. The Bertz CT molecular complexity index is 1930. The van der Waals surface area contributed by atoms with Crippen LogP contribution in [0.15, 0.2) is 108 Å². The van der Waals surface area contributed by atoms with E-state index in [1.807, 2.05) is 44.2 Å². The van der Waals surface area contributed by atoms with Crippen LogP contribution < -0.4 is 16.0 Å². The highest BCUT2D eigenvalue weighted by atomic mass is 35.5. The summed E-state index contributed by atoms with van der Waals surface area (Å²) >= 11 is 15.3. The molecule has 0 bridgehead atoms. The number of aromatic nitrogens is 1. The second-order valence-corrected chi connectivity index (χ2v) is 13.2. The highest BCUT2D eigenvalue weighted by Crippen LogP contribution is 2.31. The maximum atomic E-state index is 13.5. The Morgan fingerprint density at radius 3 is 2.37 bits per heavy atom. The Labute approximate surface area is 285 Å². The van der Waals surface area contributed by atoms with Crippen molar-refractivity contribution in [1.82, 2.24) is 10.3 Å². The minimum atomic E-state index is -0.566. The van der Waals surface area contributed by atoms with Crippen molar-refractivity contribution in [3.05, 3.63) is 134 Å². The summed E-state index contributed by atoms with van der Waals surface area (Å²) in [5.74, 6) is -1.09. The number of thioether (sulfide) groups is 1. The van der Waals surface area contributed by atoms with Gasteiger partial charge in [-0.2, -0.15) is 0 Å². The first-order chi connectivity index (χ1) is 22.2. The van der Waals surface area contributed by atoms with E-state index in [4.69, 9.17) is 23.2 Å². The minimum Gasteiger partial charge on any atom is -0.321 e. The van der Waals surface area contributed by atoms with Crippen molar-refractivity contribution >= 4 is 80.9 Å². The first kappa shape index (κ1) is 33.0. The van der Waals surface area contributed by atoms with Crippen LogP contribution in [0.2, 0.25) is 10.0 Å². The average molecular weight is 688 g/mol. The lowest BCUT2D eigenvalue weighted by Crippen LogP contribution is -2.30. The normalized spacial score (nSPS) is 11.2. The molecule has 232 valence electrons. The summed E-state index contributed by atoms with van der Waals surface area (Å²) in [4.78, 5) is 45.6. The number of anilines is 2. The summed E-state index contributed by atoms with van der Waals surface area (Å²) in [7, 11) is 0. The van der Waals surface area contributed by atoms with Gasteiger partial charge in [0.1, 0.15) is 5.70 Å². The lowest BCUT2D eigenvalue weighted by molar-refractivity contribution is -0.114. The van der Waals surface area contributed by atoms with Gasteiger partial charge in [-0.05, 0) is 61.9 Å². The molecule has 46 heavy (non-hydrogen) atoms. The Morgan fingerprint density at radius 1 is 0.870 bits per heavy atom. The van der Waals surface area contributed by atoms with E-state index in [9.17, 15) is 14.4 Å². The summed E-state index contributed by atoms with van der Waals surface area (Å²) in [6, 6.07) is 28.8. The number of rotatable bonds is 10. The SMILES string of the molecule is Cc1ccc(-c2nc(NC(=O)CSc3cccc(NC(=O)/C(=C\c4cccc(Cl)c4Cl)NC(=O)c4ccccc4)c3)sc2C)cc1. The van der Waals surface area contributed by atoms with Crippen molar-refractivity contribution in [3.63, 3.8) is 0 Å². The van der Waals surface area contributed by atoms with E-state index in [1.54, 1.807) is 66.7 Å². The Hall–Kier alpha value is -4.41. The van der Waals surface area contributed by atoms with Crippen LogP contribution in [0.5, 0.6) is 0 Å². The van der Waals surface area contributed by atoms with Gasteiger partial charge in [-0.1, -0.05) is 89.4 Å². The van der Waals surface area contributed by atoms with E-state index in [1.165, 1.54) is 34.7 Å². The lowest BCUT2D eigenvalue weighted by Gasteiger charge is -2.13. The van der Waals surface area contributed by atoms with Gasteiger partial charge in [0.05, 0.1) is 21.5 Å². The number of aryl methyl sites for hydroxylation is 2. The van der Waals surface area contributed by atoms with Gasteiger partial charge in [0.15, 0.2) is 5.13 Å². The van der Waals surface area contributed by atoms with Gasteiger partial charge in [-0.25, -0.2) is 4.98 Å². The smallest absolute Gasteiger partial charge is 0.272 e. The fraction of sp³-hybridized carbons (Fsp3) is 0.0857. The summed E-state index contributed by atoms with van der Waals surface area (Å²) in [6.07, 6.45) is 1.47. The van der Waals surface area contributed by atoms with Crippen molar-refractivity contribution in [2.24, 2.45) is 0 Å². The van der Waals surface area contributed by atoms with Crippen LogP contribution in [-0.4, -0.2) is 28.5 Å². The number of nitrogens with zero attached hydrogens (tertiary/aromatic N) is 1. The molecule has 5 rings (SSSR count). The molecule has 0 aliphatic carbocycles. The molecule has 0 saturated carbocycles. The van der Waals surface area contributed by atoms with Crippen molar-refractivity contribution in [1.29, 1.82) is 0 Å². The Balaban J connectivity index is 1.25. The molecule has 0 atom stereocenters. The number of halogens is 2. The van der Waals surface area contributed by atoms with Crippen molar-refractivity contribution in [2.45, 2.75) is 18.7 Å². The van der Waals surface area contributed by atoms with Crippen LogP contribution in [0.25, 0.3) is 17.3 Å². The van der Waals surface area contributed by atoms with Crippen LogP contribution in [0, 0.1) is 13.8 Å². The zero-order valence-electron chi connectivity index (χ0n) is 24.8. The van der Waals surface area contributed by atoms with E-state index in [0.717, 1.165) is 21.0 Å². The Morgan fingerprint density at radius 2 is 1.61 bits per heavy atom. The van der Waals surface area contributed by atoms with Gasteiger partial charge in [-0.15, -0.1) is 23.1 Å². The number of thiazole rings is 1. The highest BCUT2D eigenvalue weighted by molar-refractivity contribution is 8.00. The molecule has 3 N–H and O–H groups in total. The number of benzene rings is 4. The molecule has 0 aliphatic rings. The maximum Gasteiger partial charge on any atom is 0.272 e.